The standard InChI is InChI=1S/C13H28Cl2Si/c1-7-12(5,8-2)11-16(14,15)13(6,9-3)10-4/h7-11H2,1-6H3. The van der Waals surface area contributed by atoms with Crippen LogP contribution in [0.5, 0.6) is 0 Å². The highest BCUT2D eigenvalue weighted by Crippen LogP contribution is 2.54. The van der Waals surface area contributed by atoms with E-state index in [-0.39, 0.29) is 5.04 Å². The number of hydrogen-bond acceptors (Lipinski definition) is 0. The zero-order valence-corrected chi connectivity index (χ0v) is 14.3. The predicted octanol–water partition coefficient (Wildman–Crippen LogP) is 6.31. The predicted molar refractivity (Wildman–Crippen MR) is 79.9 cm³/mol. The van der Waals surface area contributed by atoms with Gasteiger partial charge < -0.3 is 0 Å². The summed E-state index contributed by atoms with van der Waals surface area (Å²) in [5.74, 6) is 0. The van der Waals surface area contributed by atoms with Gasteiger partial charge in [-0.25, -0.2) is 0 Å². The summed E-state index contributed by atoms with van der Waals surface area (Å²) in [5, 5.41) is 0.154. The number of hydrogen-bond donors (Lipinski definition) is 0. The van der Waals surface area contributed by atoms with Crippen molar-refractivity contribution in [3.8, 4) is 0 Å². The average molecular weight is 283 g/mol. The van der Waals surface area contributed by atoms with Crippen LogP contribution in [0.15, 0.2) is 0 Å². The Hall–Kier alpha value is 0.797. The van der Waals surface area contributed by atoms with Gasteiger partial charge in [-0.2, -0.15) is 0 Å². The highest BCUT2D eigenvalue weighted by atomic mass is 35.7. The molecule has 0 aliphatic heterocycles. The normalized spacial score (nSPS) is 14.2. The maximum atomic E-state index is 6.79. The first kappa shape index (κ1) is 16.8. The molecule has 0 rings (SSSR count). The van der Waals surface area contributed by atoms with Crippen molar-refractivity contribution >= 4 is 28.9 Å². The third-order valence-corrected chi connectivity index (χ3v) is 12.1. The van der Waals surface area contributed by atoms with Gasteiger partial charge in [0.15, 0.2) is 0 Å². The van der Waals surface area contributed by atoms with Gasteiger partial charge in [-0.15, -0.1) is 22.2 Å². The maximum absolute atomic E-state index is 6.79. The lowest BCUT2D eigenvalue weighted by Crippen LogP contribution is -2.40. The second-order valence-corrected chi connectivity index (χ2v) is 13.1. The lowest BCUT2D eigenvalue weighted by atomic mass is 9.87. The first-order chi connectivity index (χ1) is 7.20. The van der Waals surface area contributed by atoms with Crippen LogP contribution in [-0.2, 0) is 0 Å². The smallest absolute Gasteiger partial charge is 0.145 e. The van der Waals surface area contributed by atoms with Gasteiger partial charge in [0.05, 0.1) is 0 Å². The molecule has 0 atom stereocenters. The van der Waals surface area contributed by atoms with Gasteiger partial charge in [-0.05, 0) is 16.5 Å². The van der Waals surface area contributed by atoms with Gasteiger partial charge in [0.25, 0.3) is 6.69 Å². The Labute approximate surface area is 113 Å². The van der Waals surface area contributed by atoms with Gasteiger partial charge >= 0.3 is 0 Å². The van der Waals surface area contributed by atoms with Crippen LogP contribution in [0, 0.1) is 5.41 Å². The van der Waals surface area contributed by atoms with E-state index in [1.807, 2.05) is 0 Å². The molecule has 3 heteroatoms. The van der Waals surface area contributed by atoms with Crippen molar-refractivity contribution in [1.29, 1.82) is 0 Å². The van der Waals surface area contributed by atoms with Crippen molar-refractivity contribution in [2.24, 2.45) is 5.41 Å². The van der Waals surface area contributed by atoms with Crippen molar-refractivity contribution in [3.63, 3.8) is 0 Å². The monoisotopic (exact) mass is 282 g/mol. The molecule has 0 saturated carbocycles. The lowest BCUT2D eigenvalue weighted by Gasteiger charge is -2.42. The topological polar surface area (TPSA) is 0 Å². The molecular formula is C13H28Cl2Si. The zero-order valence-electron chi connectivity index (χ0n) is 11.8. The molecule has 0 bridgehead atoms. The summed E-state index contributed by atoms with van der Waals surface area (Å²) in [7, 11) is 0. The van der Waals surface area contributed by atoms with Crippen LogP contribution >= 0.6 is 22.2 Å². The maximum Gasteiger partial charge on any atom is 0.257 e. The van der Waals surface area contributed by atoms with Crippen LogP contribution in [-0.4, -0.2) is 6.69 Å². The third-order valence-electron chi connectivity index (χ3n) is 4.80. The minimum absolute atomic E-state index is 0.154. The third kappa shape index (κ3) is 3.65. The summed E-state index contributed by atoms with van der Waals surface area (Å²) in [5.41, 5.74) is 0.321. The molecular weight excluding hydrogens is 255 g/mol. The van der Waals surface area contributed by atoms with Crippen molar-refractivity contribution in [2.45, 2.75) is 78.3 Å². The molecule has 0 unspecified atom stereocenters. The highest BCUT2D eigenvalue weighted by Gasteiger charge is 2.49. The summed E-state index contributed by atoms with van der Waals surface area (Å²) in [6.07, 6.45) is 4.51. The van der Waals surface area contributed by atoms with E-state index in [4.69, 9.17) is 22.2 Å². The largest absolute Gasteiger partial charge is 0.257 e. The quantitative estimate of drug-likeness (QED) is 0.379. The van der Waals surface area contributed by atoms with Crippen molar-refractivity contribution in [2.75, 3.05) is 0 Å². The molecule has 0 fully saturated rings. The molecule has 98 valence electrons. The molecule has 0 aliphatic carbocycles. The Morgan fingerprint density at radius 2 is 1.19 bits per heavy atom. The zero-order chi connectivity index (χ0) is 13.0. The molecule has 0 N–H and O–H groups in total. The summed E-state index contributed by atoms with van der Waals surface area (Å²) < 4.78 is 0. The van der Waals surface area contributed by atoms with E-state index < -0.39 is 6.69 Å². The minimum Gasteiger partial charge on any atom is -0.145 e. The second kappa shape index (κ2) is 6.11. The minimum atomic E-state index is -2.19. The summed E-state index contributed by atoms with van der Waals surface area (Å²) in [6.45, 7) is 11.3. The van der Waals surface area contributed by atoms with Gasteiger partial charge in [0.2, 0.25) is 0 Å². The molecule has 0 aromatic rings. The van der Waals surface area contributed by atoms with Crippen LogP contribution in [0.25, 0.3) is 0 Å². The first-order valence-corrected chi connectivity index (χ1v) is 10.8. The van der Waals surface area contributed by atoms with Crippen molar-refractivity contribution in [3.05, 3.63) is 0 Å². The fraction of sp³-hybridized carbons (Fsp3) is 1.00. The van der Waals surface area contributed by atoms with Crippen LogP contribution in [0.4, 0.5) is 0 Å². The Kier molecular flexibility index (Phi) is 6.41. The van der Waals surface area contributed by atoms with Crippen molar-refractivity contribution in [1.82, 2.24) is 0 Å². The van der Waals surface area contributed by atoms with E-state index in [0.29, 0.717) is 5.41 Å². The highest BCUT2D eigenvalue weighted by molar-refractivity contribution is 7.46. The molecule has 0 nitrogen and oxygen atoms in total. The molecule has 0 radical (unpaired) electrons. The average Bonchev–Trinajstić information content (AvgIpc) is 2.26. The van der Waals surface area contributed by atoms with E-state index in [1.165, 1.54) is 12.8 Å². The lowest BCUT2D eigenvalue weighted by molar-refractivity contribution is 0.330. The Balaban J connectivity index is 4.92. The SMILES string of the molecule is CCC(C)(CC)C[Si](Cl)(Cl)C(C)(CC)CC. The second-order valence-electron chi connectivity index (χ2n) is 5.67. The molecule has 0 heterocycles. The fourth-order valence-corrected chi connectivity index (χ4v) is 8.59. The van der Waals surface area contributed by atoms with Gasteiger partial charge in [0, 0.05) is 0 Å². The van der Waals surface area contributed by atoms with E-state index in [1.54, 1.807) is 0 Å². The van der Waals surface area contributed by atoms with Crippen LogP contribution in [0.1, 0.15) is 67.2 Å². The first-order valence-electron chi connectivity index (χ1n) is 6.58. The van der Waals surface area contributed by atoms with Crippen LogP contribution < -0.4 is 0 Å². The molecule has 0 aliphatic rings. The molecule has 0 aromatic heterocycles. The van der Waals surface area contributed by atoms with Crippen LogP contribution in [0.2, 0.25) is 11.1 Å². The molecule has 0 saturated heterocycles. The van der Waals surface area contributed by atoms with Crippen LogP contribution in [0.3, 0.4) is 0 Å². The molecule has 0 amide bonds. The van der Waals surface area contributed by atoms with E-state index in [9.17, 15) is 0 Å². The fourth-order valence-electron chi connectivity index (χ4n) is 2.02. The summed E-state index contributed by atoms with van der Waals surface area (Å²) in [6, 6.07) is 1.02. The number of rotatable bonds is 7. The summed E-state index contributed by atoms with van der Waals surface area (Å²) >= 11 is 13.6. The molecule has 0 spiro atoms. The van der Waals surface area contributed by atoms with Gasteiger partial charge in [-0.1, -0.05) is 67.2 Å². The summed E-state index contributed by atoms with van der Waals surface area (Å²) in [4.78, 5) is 0. The molecule has 0 aromatic carbocycles. The van der Waals surface area contributed by atoms with E-state index in [2.05, 4.69) is 41.5 Å². The van der Waals surface area contributed by atoms with Crippen molar-refractivity contribution < 1.29 is 0 Å². The van der Waals surface area contributed by atoms with Gasteiger partial charge in [-0.3, -0.25) is 0 Å². The Morgan fingerprint density at radius 3 is 1.44 bits per heavy atom. The Morgan fingerprint density at radius 1 is 0.812 bits per heavy atom. The number of halogens is 2. The van der Waals surface area contributed by atoms with Gasteiger partial charge in [0.1, 0.15) is 0 Å². The van der Waals surface area contributed by atoms with E-state index >= 15 is 0 Å². The Bertz CT molecular complexity index is 206. The van der Waals surface area contributed by atoms with E-state index in [0.717, 1.165) is 18.9 Å². The molecule has 16 heavy (non-hydrogen) atoms.